The predicted molar refractivity (Wildman–Crippen MR) is 138 cm³/mol. The van der Waals surface area contributed by atoms with E-state index in [1.165, 1.54) is 37.7 Å². The second kappa shape index (κ2) is 10.3. The van der Waals surface area contributed by atoms with Crippen LogP contribution in [0.2, 0.25) is 5.02 Å². The molecular formula is C25H34ClN5S. The Kier molecular flexibility index (Phi) is 7.51. The number of anilines is 2. The summed E-state index contributed by atoms with van der Waals surface area (Å²) in [6.45, 7) is 7.20. The van der Waals surface area contributed by atoms with Crippen LogP contribution in [0.1, 0.15) is 63.1 Å². The summed E-state index contributed by atoms with van der Waals surface area (Å²) in [6.07, 6.45) is 8.58. The molecule has 1 unspecified atom stereocenters. The minimum atomic E-state index is 0.0805. The van der Waals surface area contributed by atoms with E-state index in [0.29, 0.717) is 17.0 Å². The SMILES string of the molecule is Cc1cc(N2CCCC(C)C2)nc(NC(=S)NCC2(c3ccc(Cl)cc3)CCCCC2)n1. The first-order chi connectivity index (χ1) is 15.4. The molecule has 1 saturated heterocycles. The van der Waals surface area contributed by atoms with Crippen LogP contribution in [-0.2, 0) is 5.41 Å². The van der Waals surface area contributed by atoms with Gasteiger partial charge < -0.3 is 15.5 Å². The maximum absolute atomic E-state index is 6.14. The molecule has 2 aliphatic rings. The van der Waals surface area contributed by atoms with E-state index < -0.39 is 0 Å². The number of aromatic nitrogens is 2. The fourth-order valence-corrected chi connectivity index (χ4v) is 5.45. The summed E-state index contributed by atoms with van der Waals surface area (Å²) in [5.41, 5.74) is 2.37. The normalized spacial score (nSPS) is 20.6. The summed E-state index contributed by atoms with van der Waals surface area (Å²) in [4.78, 5) is 11.7. The molecule has 1 aliphatic heterocycles. The molecule has 172 valence electrons. The van der Waals surface area contributed by atoms with Crippen LogP contribution in [0.15, 0.2) is 30.3 Å². The van der Waals surface area contributed by atoms with E-state index in [0.717, 1.165) is 49.0 Å². The molecule has 2 heterocycles. The number of benzene rings is 1. The van der Waals surface area contributed by atoms with Crippen molar-refractivity contribution < 1.29 is 0 Å². The first-order valence-corrected chi connectivity index (χ1v) is 12.6. The summed E-state index contributed by atoms with van der Waals surface area (Å²) in [7, 11) is 0. The zero-order chi connectivity index (χ0) is 22.6. The van der Waals surface area contributed by atoms with Crippen LogP contribution >= 0.6 is 23.8 Å². The highest BCUT2D eigenvalue weighted by atomic mass is 35.5. The van der Waals surface area contributed by atoms with Gasteiger partial charge in [-0.25, -0.2) is 4.98 Å². The summed E-state index contributed by atoms with van der Waals surface area (Å²) >= 11 is 11.8. The molecule has 0 bridgehead atoms. The Morgan fingerprint density at radius 2 is 1.91 bits per heavy atom. The van der Waals surface area contributed by atoms with Crippen molar-refractivity contribution in [3.8, 4) is 0 Å². The Balaban J connectivity index is 1.43. The van der Waals surface area contributed by atoms with Crippen molar-refractivity contribution in [2.24, 2.45) is 5.92 Å². The molecule has 1 aromatic heterocycles. The van der Waals surface area contributed by atoms with Gasteiger partial charge in [0.05, 0.1) is 0 Å². The predicted octanol–water partition coefficient (Wildman–Crippen LogP) is 5.86. The van der Waals surface area contributed by atoms with Gasteiger partial charge in [0.25, 0.3) is 0 Å². The molecule has 1 atom stereocenters. The zero-order valence-corrected chi connectivity index (χ0v) is 20.7. The Hall–Kier alpha value is -1.92. The Morgan fingerprint density at radius 3 is 2.62 bits per heavy atom. The molecule has 0 spiro atoms. The third-order valence-corrected chi connectivity index (χ3v) is 7.40. The lowest BCUT2D eigenvalue weighted by atomic mass is 9.69. The van der Waals surface area contributed by atoms with Crippen molar-refractivity contribution >= 4 is 40.7 Å². The molecule has 0 amide bonds. The van der Waals surface area contributed by atoms with Gasteiger partial charge in [0, 0.05) is 41.8 Å². The highest BCUT2D eigenvalue weighted by molar-refractivity contribution is 7.80. The minimum absolute atomic E-state index is 0.0805. The Labute approximate surface area is 202 Å². The quantitative estimate of drug-likeness (QED) is 0.532. The van der Waals surface area contributed by atoms with Crippen LogP contribution in [-0.4, -0.2) is 34.7 Å². The van der Waals surface area contributed by atoms with Gasteiger partial charge in [-0.15, -0.1) is 0 Å². The highest BCUT2D eigenvalue weighted by Crippen LogP contribution is 2.39. The smallest absolute Gasteiger partial charge is 0.231 e. The van der Waals surface area contributed by atoms with Crippen LogP contribution < -0.4 is 15.5 Å². The average Bonchev–Trinajstić information content (AvgIpc) is 2.78. The number of thiocarbonyl (C=S) groups is 1. The first-order valence-electron chi connectivity index (χ1n) is 11.9. The number of piperidine rings is 1. The number of rotatable bonds is 5. The van der Waals surface area contributed by atoms with E-state index in [2.05, 4.69) is 45.6 Å². The third kappa shape index (κ3) is 5.70. The van der Waals surface area contributed by atoms with Gasteiger partial charge in [0.2, 0.25) is 5.95 Å². The van der Waals surface area contributed by atoms with Crippen LogP contribution in [0, 0.1) is 12.8 Å². The van der Waals surface area contributed by atoms with Crippen molar-refractivity contribution in [1.82, 2.24) is 15.3 Å². The van der Waals surface area contributed by atoms with Crippen molar-refractivity contribution in [3.63, 3.8) is 0 Å². The molecule has 2 aromatic rings. The van der Waals surface area contributed by atoms with E-state index in [-0.39, 0.29) is 5.41 Å². The number of hydrogen-bond acceptors (Lipinski definition) is 4. The molecule has 7 heteroatoms. The van der Waals surface area contributed by atoms with Crippen LogP contribution in [0.5, 0.6) is 0 Å². The average molecular weight is 472 g/mol. The number of halogens is 1. The van der Waals surface area contributed by atoms with Gasteiger partial charge in [0.1, 0.15) is 5.82 Å². The number of nitrogens with one attached hydrogen (secondary N) is 2. The van der Waals surface area contributed by atoms with Gasteiger partial charge in [-0.2, -0.15) is 4.98 Å². The van der Waals surface area contributed by atoms with Crippen molar-refractivity contribution in [2.75, 3.05) is 29.9 Å². The van der Waals surface area contributed by atoms with Crippen LogP contribution in [0.25, 0.3) is 0 Å². The van der Waals surface area contributed by atoms with E-state index in [9.17, 15) is 0 Å². The number of nitrogens with zero attached hydrogens (tertiary/aromatic N) is 3. The van der Waals surface area contributed by atoms with E-state index in [1.54, 1.807) is 0 Å². The molecule has 1 saturated carbocycles. The maximum Gasteiger partial charge on any atom is 0.231 e. The van der Waals surface area contributed by atoms with Gasteiger partial charge in [-0.1, -0.05) is 49.9 Å². The monoisotopic (exact) mass is 471 g/mol. The summed E-state index contributed by atoms with van der Waals surface area (Å²) < 4.78 is 0. The molecule has 2 N–H and O–H groups in total. The van der Waals surface area contributed by atoms with Crippen LogP contribution in [0.3, 0.4) is 0 Å². The lowest BCUT2D eigenvalue weighted by Gasteiger charge is -2.38. The third-order valence-electron chi connectivity index (χ3n) is 6.90. The standard InChI is InChI=1S/C25H34ClN5S/c1-18-7-6-14-31(16-18)22-15-19(2)28-23(29-22)30-24(32)27-17-25(12-4-3-5-13-25)20-8-10-21(26)11-9-20/h8-11,15,18H,3-7,12-14,16-17H2,1-2H3,(H2,27,28,29,30,32). The topological polar surface area (TPSA) is 53.1 Å². The number of aryl methyl sites for hydroxylation is 1. The van der Waals surface area contributed by atoms with Gasteiger partial charge in [0.15, 0.2) is 5.11 Å². The fourth-order valence-electron chi connectivity index (χ4n) is 5.16. The maximum atomic E-state index is 6.14. The number of hydrogen-bond donors (Lipinski definition) is 2. The molecule has 32 heavy (non-hydrogen) atoms. The molecule has 2 fully saturated rings. The zero-order valence-electron chi connectivity index (χ0n) is 19.2. The summed E-state index contributed by atoms with van der Waals surface area (Å²) in [5.74, 6) is 2.25. The van der Waals surface area contributed by atoms with Crippen LogP contribution in [0.4, 0.5) is 11.8 Å². The Bertz CT molecular complexity index is 926. The second-order valence-electron chi connectivity index (χ2n) is 9.54. The molecule has 4 rings (SSSR count). The molecular weight excluding hydrogens is 438 g/mol. The Morgan fingerprint density at radius 1 is 1.16 bits per heavy atom. The minimum Gasteiger partial charge on any atom is -0.361 e. The van der Waals surface area contributed by atoms with Crippen molar-refractivity contribution in [3.05, 3.63) is 46.6 Å². The lowest BCUT2D eigenvalue weighted by Crippen LogP contribution is -2.43. The molecule has 1 aliphatic carbocycles. The summed E-state index contributed by atoms with van der Waals surface area (Å²) in [6, 6.07) is 10.4. The molecule has 0 radical (unpaired) electrons. The van der Waals surface area contributed by atoms with E-state index >= 15 is 0 Å². The molecule has 1 aromatic carbocycles. The second-order valence-corrected chi connectivity index (χ2v) is 10.4. The van der Waals surface area contributed by atoms with Gasteiger partial charge >= 0.3 is 0 Å². The summed E-state index contributed by atoms with van der Waals surface area (Å²) in [5, 5.41) is 8.07. The lowest BCUT2D eigenvalue weighted by molar-refractivity contribution is 0.292. The van der Waals surface area contributed by atoms with E-state index in [1.807, 2.05) is 19.1 Å². The highest BCUT2D eigenvalue weighted by Gasteiger charge is 2.34. The van der Waals surface area contributed by atoms with Gasteiger partial charge in [-0.05, 0) is 68.4 Å². The van der Waals surface area contributed by atoms with E-state index in [4.69, 9.17) is 28.8 Å². The fraction of sp³-hybridized carbons (Fsp3) is 0.560. The van der Waals surface area contributed by atoms with Crippen molar-refractivity contribution in [2.45, 2.75) is 64.2 Å². The largest absolute Gasteiger partial charge is 0.361 e. The van der Waals surface area contributed by atoms with Gasteiger partial charge in [-0.3, -0.25) is 0 Å². The van der Waals surface area contributed by atoms with Crippen molar-refractivity contribution in [1.29, 1.82) is 0 Å². The first kappa shape index (κ1) is 23.2. The molecule has 5 nitrogen and oxygen atoms in total.